The molecule has 0 radical (unpaired) electrons. The second-order valence-corrected chi connectivity index (χ2v) is 7.18. The van der Waals surface area contributed by atoms with Crippen LogP contribution in [-0.4, -0.2) is 22.1 Å². The van der Waals surface area contributed by atoms with E-state index in [0.717, 1.165) is 5.56 Å². The Morgan fingerprint density at radius 3 is 2.89 bits per heavy atom. The molecule has 2 aromatic carbocycles. The first-order valence-electron chi connectivity index (χ1n) is 8.27. The fourth-order valence-corrected chi connectivity index (χ4v) is 3.66. The van der Waals surface area contributed by atoms with Crippen molar-refractivity contribution in [2.45, 2.75) is 20.4 Å². The minimum Gasteiger partial charge on any atom is -0.491 e. The van der Waals surface area contributed by atoms with Crippen molar-refractivity contribution in [2.75, 3.05) is 11.9 Å². The van der Waals surface area contributed by atoms with Crippen LogP contribution in [0.3, 0.4) is 0 Å². The van der Waals surface area contributed by atoms with E-state index in [1.54, 1.807) is 24.3 Å². The lowest BCUT2D eigenvalue weighted by molar-refractivity contribution is -0.116. The third-order valence-corrected chi connectivity index (χ3v) is 4.75. The van der Waals surface area contributed by atoms with Crippen LogP contribution < -0.4 is 15.6 Å². The summed E-state index contributed by atoms with van der Waals surface area (Å²) in [5, 5.41) is 3.67. The van der Waals surface area contributed by atoms with Crippen LogP contribution in [-0.2, 0) is 11.3 Å². The number of anilines is 1. The SMILES string of the molecule is CCOc1c(Br)cc(Cl)cc1NC(=O)Cn1cnc2c(C)cccc2c1=O. The summed E-state index contributed by atoms with van der Waals surface area (Å²) >= 11 is 9.44. The highest BCUT2D eigenvalue weighted by Crippen LogP contribution is 2.36. The van der Waals surface area contributed by atoms with Crippen molar-refractivity contribution in [3.8, 4) is 5.75 Å². The summed E-state index contributed by atoms with van der Waals surface area (Å²) in [7, 11) is 0. The molecule has 140 valence electrons. The number of amides is 1. The van der Waals surface area contributed by atoms with E-state index in [1.165, 1.54) is 10.9 Å². The molecule has 27 heavy (non-hydrogen) atoms. The van der Waals surface area contributed by atoms with E-state index in [2.05, 4.69) is 26.2 Å². The van der Waals surface area contributed by atoms with Gasteiger partial charge < -0.3 is 10.1 Å². The molecule has 8 heteroatoms. The maximum atomic E-state index is 12.6. The van der Waals surface area contributed by atoms with Crippen LogP contribution in [0.25, 0.3) is 10.9 Å². The van der Waals surface area contributed by atoms with E-state index < -0.39 is 0 Å². The highest BCUT2D eigenvalue weighted by Gasteiger charge is 2.14. The molecule has 0 fully saturated rings. The summed E-state index contributed by atoms with van der Waals surface area (Å²) < 4.78 is 7.47. The molecule has 0 spiro atoms. The zero-order valence-electron chi connectivity index (χ0n) is 14.8. The molecular weight excluding hydrogens is 434 g/mol. The van der Waals surface area contributed by atoms with Gasteiger partial charge in [0.1, 0.15) is 6.54 Å². The van der Waals surface area contributed by atoms with Crippen LogP contribution in [0.4, 0.5) is 5.69 Å². The molecule has 1 aromatic heterocycles. The van der Waals surface area contributed by atoms with Crippen molar-refractivity contribution in [1.29, 1.82) is 0 Å². The van der Waals surface area contributed by atoms with Crippen LogP contribution in [0.2, 0.25) is 5.02 Å². The van der Waals surface area contributed by atoms with Gasteiger partial charge in [-0.25, -0.2) is 4.98 Å². The standard InChI is InChI=1S/C19H17BrClN3O3/c1-3-27-18-14(20)7-12(21)8-15(18)23-16(25)9-24-10-22-17-11(2)5-4-6-13(17)19(24)26/h4-8,10H,3,9H2,1-2H3,(H,23,25). The van der Waals surface area contributed by atoms with Crippen LogP contribution >= 0.6 is 27.5 Å². The number of aromatic nitrogens is 2. The normalized spacial score (nSPS) is 10.8. The molecule has 0 bridgehead atoms. The van der Waals surface area contributed by atoms with Gasteiger partial charge >= 0.3 is 0 Å². The average molecular weight is 451 g/mol. The summed E-state index contributed by atoms with van der Waals surface area (Å²) in [5.41, 5.74) is 1.71. The number of halogens is 2. The Labute approximate surface area is 169 Å². The summed E-state index contributed by atoms with van der Waals surface area (Å²) in [6.07, 6.45) is 1.38. The molecule has 0 aliphatic rings. The smallest absolute Gasteiger partial charge is 0.261 e. The van der Waals surface area contributed by atoms with Gasteiger partial charge in [0, 0.05) is 5.02 Å². The number of hydrogen-bond donors (Lipinski definition) is 1. The lowest BCUT2D eigenvalue weighted by Gasteiger charge is -2.14. The van der Waals surface area contributed by atoms with Crippen LogP contribution in [0, 0.1) is 6.92 Å². The molecule has 0 aliphatic heterocycles. The van der Waals surface area contributed by atoms with Crippen molar-refractivity contribution in [1.82, 2.24) is 9.55 Å². The lowest BCUT2D eigenvalue weighted by atomic mass is 10.1. The first kappa shape index (κ1) is 19.4. The molecule has 3 rings (SSSR count). The fourth-order valence-electron chi connectivity index (χ4n) is 2.74. The third-order valence-electron chi connectivity index (χ3n) is 3.94. The maximum absolute atomic E-state index is 12.6. The molecule has 3 aromatic rings. The van der Waals surface area contributed by atoms with Crippen molar-refractivity contribution >= 4 is 50.0 Å². The molecule has 1 heterocycles. The number of rotatable bonds is 5. The van der Waals surface area contributed by atoms with Gasteiger partial charge in [0.05, 0.1) is 34.0 Å². The summed E-state index contributed by atoms with van der Waals surface area (Å²) in [6.45, 7) is 3.98. The number of para-hydroxylation sites is 1. The molecule has 6 nitrogen and oxygen atoms in total. The van der Waals surface area contributed by atoms with E-state index in [9.17, 15) is 9.59 Å². The summed E-state index contributed by atoms with van der Waals surface area (Å²) in [4.78, 5) is 29.4. The number of aryl methyl sites for hydroxylation is 1. The highest BCUT2D eigenvalue weighted by atomic mass is 79.9. The number of nitrogens with one attached hydrogen (secondary N) is 1. The third kappa shape index (κ3) is 4.14. The molecule has 0 saturated carbocycles. The number of carbonyl (C=O) groups excluding carboxylic acids is 1. The van der Waals surface area contributed by atoms with Gasteiger partial charge in [-0.15, -0.1) is 0 Å². The predicted octanol–water partition coefficient (Wildman–Crippen LogP) is 4.16. The van der Waals surface area contributed by atoms with Crippen molar-refractivity contribution in [3.63, 3.8) is 0 Å². The van der Waals surface area contributed by atoms with Gasteiger partial charge in [-0.3, -0.25) is 14.2 Å². The van der Waals surface area contributed by atoms with Crippen molar-refractivity contribution in [2.24, 2.45) is 0 Å². The lowest BCUT2D eigenvalue weighted by Crippen LogP contribution is -2.28. The topological polar surface area (TPSA) is 73.2 Å². The molecule has 0 aliphatic carbocycles. The Kier molecular flexibility index (Phi) is 5.82. The number of fused-ring (bicyclic) bond motifs is 1. The Morgan fingerprint density at radius 2 is 2.15 bits per heavy atom. The second-order valence-electron chi connectivity index (χ2n) is 5.89. The number of hydrogen-bond acceptors (Lipinski definition) is 4. The van der Waals surface area contributed by atoms with Gasteiger partial charge in [-0.2, -0.15) is 0 Å². The first-order chi connectivity index (χ1) is 12.9. The minimum absolute atomic E-state index is 0.175. The number of benzene rings is 2. The predicted molar refractivity (Wildman–Crippen MR) is 110 cm³/mol. The van der Waals surface area contributed by atoms with Crippen molar-refractivity contribution < 1.29 is 9.53 Å². The Morgan fingerprint density at radius 1 is 1.37 bits per heavy atom. The Bertz CT molecular complexity index is 1080. The molecule has 0 unspecified atom stereocenters. The van der Waals surface area contributed by atoms with Gasteiger partial charge in [-0.1, -0.05) is 23.7 Å². The zero-order valence-corrected chi connectivity index (χ0v) is 17.1. The quantitative estimate of drug-likeness (QED) is 0.633. The number of nitrogens with zero attached hydrogens (tertiary/aromatic N) is 2. The maximum Gasteiger partial charge on any atom is 0.261 e. The Balaban J connectivity index is 1.88. The van der Waals surface area contributed by atoms with E-state index in [0.29, 0.717) is 38.4 Å². The molecule has 0 atom stereocenters. The molecule has 1 N–H and O–H groups in total. The molecule has 0 saturated heterocycles. The fraction of sp³-hybridized carbons (Fsp3) is 0.211. The van der Waals surface area contributed by atoms with E-state index in [4.69, 9.17) is 16.3 Å². The monoisotopic (exact) mass is 449 g/mol. The summed E-state index contributed by atoms with van der Waals surface area (Å²) in [6, 6.07) is 8.66. The van der Waals surface area contributed by atoms with E-state index in [1.807, 2.05) is 19.9 Å². The molecule has 1 amide bonds. The second kappa shape index (κ2) is 8.10. The Hall–Kier alpha value is -2.38. The van der Waals surface area contributed by atoms with Crippen LogP contribution in [0.15, 0.2) is 45.9 Å². The molecular formula is C19H17BrClN3O3. The van der Waals surface area contributed by atoms with Gasteiger partial charge in [-0.05, 0) is 53.5 Å². The number of carbonyl (C=O) groups is 1. The minimum atomic E-state index is -0.388. The van der Waals surface area contributed by atoms with Crippen molar-refractivity contribution in [3.05, 3.63) is 62.1 Å². The number of ether oxygens (including phenoxy) is 1. The van der Waals surface area contributed by atoms with Gasteiger partial charge in [0.25, 0.3) is 5.56 Å². The largest absolute Gasteiger partial charge is 0.491 e. The summed E-state index contributed by atoms with van der Waals surface area (Å²) in [5.74, 6) is 0.0934. The van der Waals surface area contributed by atoms with Crippen LogP contribution in [0.1, 0.15) is 12.5 Å². The average Bonchev–Trinajstić information content (AvgIpc) is 2.61. The van der Waals surface area contributed by atoms with E-state index >= 15 is 0 Å². The van der Waals surface area contributed by atoms with Gasteiger partial charge in [0.15, 0.2) is 5.75 Å². The van der Waals surface area contributed by atoms with Gasteiger partial charge in [0.2, 0.25) is 5.91 Å². The van der Waals surface area contributed by atoms with E-state index in [-0.39, 0.29) is 18.0 Å². The highest BCUT2D eigenvalue weighted by molar-refractivity contribution is 9.10. The first-order valence-corrected chi connectivity index (χ1v) is 9.44. The zero-order chi connectivity index (χ0) is 19.6. The van der Waals surface area contributed by atoms with Crippen LogP contribution in [0.5, 0.6) is 5.75 Å².